The molecule has 2 amide bonds. The van der Waals surface area contributed by atoms with E-state index in [-0.39, 0.29) is 23.7 Å². The van der Waals surface area contributed by atoms with Gasteiger partial charge in [-0.1, -0.05) is 17.7 Å². The molecule has 0 aromatic heterocycles. The van der Waals surface area contributed by atoms with Crippen molar-refractivity contribution < 1.29 is 14.3 Å². The molecule has 1 aliphatic rings. The third kappa shape index (κ3) is 4.21. The van der Waals surface area contributed by atoms with E-state index in [0.717, 1.165) is 12.0 Å². The van der Waals surface area contributed by atoms with Gasteiger partial charge in [0, 0.05) is 31.0 Å². The highest BCUT2D eigenvalue weighted by molar-refractivity contribution is 6.31. The number of amides is 2. The standard InChI is InChI=1S/C16H21ClN2O3/c1-10-13(17)5-3-6-14(10)19-16(21)12-9-11(12)15(20)18-7-4-8-22-2/h3,5-6,11-12H,4,7-9H2,1-2H3,(H,18,20)(H,19,21). The maximum atomic E-state index is 12.2. The summed E-state index contributed by atoms with van der Waals surface area (Å²) < 4.78 is 4.92. The molecule has 0 radical (unpaired) electrons. The molecule has 1 saturated carbocycles. The second kappa shape index (κ2) is 7.61. The lowest BCUT2D eigenvalue weighted by atomic mass is 10.2. The van der Waals surface area contributed by atoms with E-state index in [1.807, 2.05) is 6.92 Å². The van der Waals surface area contributed by atoms with Crippen LogP contribution in [0.15, 0.2) is 18.2 Å². The van der Waals surface area contributed by atoms with Gasteiger partial charge in [-0.25, -0.2) is 0 Å². The van der Waals surface area contributed by atoms with Gasteiger partial charge in [-0.3, -0.25) is 9.59 Å². The summed E-state index contributed by atoms with van der Waals surface area (Å²) >= 11 is 6.03. The Morgan fingerprint density at radius 3 is 2.77 bits per heavy atom. The van der Waals surface area contributed by atoms with E-state index in [2.05, 4.69) is 10.6 Å². The minimum atomic E-state index is -0.249. The highest BCUT2D eigenvalue weighted by Gasteiger charge is 2.47. The van der Waals surface area contributed by atoms with Gasteiger partial charge in [0.2, 0.25) is 11.8 Å². The van der Waals surface area contributed by atoms with Crippen LogP contribution >= 0.6 is 11.6 Å². The fraction of sp³-hybridized carbons (Fsp3) is 0.500. The Kier molecular flexibility index (Phi) is 5.80. The Labute approximate surface area is 135 Å². The minimum Gasteiger partial charge on any atom is -0.385 e. The summed E-state index contributed by atoms with van der Waals surface area (Å²) in [4.78, 5) is 24.1. The van der Waals surface area contributed by atoms with Crippen molar-refractivity contribution in [1.29, 1.82) is 0 Å². The average molecular weight is 325 g/mol. The lowest BCUT2D eigenvalue weighted by molar-refractivity contribution is -0.125. The van der Waals surface area contributed by atoms with Crippen molar-refractivity contribution in [3.05, 3.63) is 28.8 Å². The summed E-state index contributed by atoms with van der Waals surface area (Å²) in [5, 5.41) is 6.29. The molecule has 1 aromatic rings. The first-order chi connectivity index (χ1) is 10.5. The van der Waals surface area contributed by atoms with Gasteiger partial charge < -0.3 is 15.4 Å². The van der Waals surface area contributed by atoms with Crippen LogP contribution in [-0.4, -0.2) is 32.1 Å². The summed E-state index contributed by atoms with van der Waals surface area (Å²) in [5.74, 6) is -0.649. The molecule has 6 heteroatoms. The van der Waals surface area contributed by atoms with Gasteiger partial charge in [-0.05, 0) is 37.5 Å². The van der Waals surface area contributed by atoms with Crippen molar-refractivity contribution in [3.8, 4) is 0 Å². The number of hydrogen-bond acceptors (Lipinski definition) is 3. The fourth-order valence-corrected chi connectivity index (χ4v) is 2.48. The molecule has 0 spiro atoms. The molecule has 1 fully saturated rings. The number of carbonyl (C=O) groups is 2. The monoisotopic (exact) mass is 324 g/mol. The van der Waals surface area contributed by atoms with E-state index in [1.54, 1.807) is 25.3 Å². The molecule has 2 atom stereocenters. The topological polar surface area (TPSA) is 67.4 Å². The van der Waals surface area contributed by atoms with Crippen LogP contribution in [0, 0.1) is 18.8 Å². The minimum absolute atomic E-state index is 0.0564. The smallest absolute Gasteiger partial charge is 0.228 e. The number of hydrogen-bond donors (Lipinski definition) is 2. The number of methoxy groups -OCH3 is 1. The van der Waals surface area contributed by atoms with Crippen LogP contribution in [0.3, 0.4) is 0 Å². The Morgan fingerprint density at radius 2 is 2.05 bits per heavy atom. The lowest BCUT2D eigenvalue weighted by Gasteiger charge is -2.09. The van der Waals surface area contributed by atoms with Crippen LogP contribution in [0.4, 0.5) is 5.69 Å². The number of halogens is 1. The van der Waals surface area contributed by atoms with E-state index in [1.165, 1.54) is 0 Å². The zero-order valence-electron chi connectivity index (χ0n) is 12.8. The van der Waals surface area contributed by atoms with E-state index in [0.29, 0.717) is 30.3 Å². The van der Waals surface area contributed by atoms with Gasteiger partial charge in [-0.15, -0.1) is 0 Å². The number of carbonyl (C=O) groups excluding carboxylic acids is 2. The van der Waals surface area contributed by atoms with Crippen molar-refractivity contribution in [1.82, 2.24) is 5.32 Å². The van der Waals surface area contributed by atoms with Gasteiger partial charge in [0.15, 0.2) is 0 Å². The quantitative estimate of drug-likeness (QED) is 0.757. The second-order valence-corrected chi connectivity index (χ2v) is 5.89. The first-order valence-corrected chi connectivity index (χ1v) is 7.75. The largest absolute Gasteiger partial charge is 0.385 e. The van der Waals surface area contributed by atoms with E-state index >= 15 is 0 Å². The number of benzene rings is 1. The van der Waals surface area contributed by atoms with Crippen LogP contribution in [0.5, 0.6) is 0 Å². The van der Waals surface area contributed by atoms with Gasteiger partial charge >= 0.3 is 0 Å². The first-order valence-electron chi connectivity index (χ1n) is 7.37. The molecule has 0 heterocycles. The number of anilines is 1. The van der Waals surface area contributed by atoms with Gasteiger partial charge in [0.25, 0.3) is 0 Å². The Balaban J connectivity index is 1.80. The van der Waals surface area contributed by atoms with Crippen molar-refractivity contribution in [2.45, 2.75) is 19.8 Å². The predicted octanol–water partition coefficient (Wildman–Crippen LogP) is 2.38. The van der Waals surface area contributed by atoms with Crippen LogP contribution in [-0.2, 0) is 14.3 Å². The summed E-state index contributed by atoms with van der Waals surface area (Å²) in [7, 11) is 1.63. The Bertz CT molecular complexity index is 562. The van der Waals surface area contributed by atoms with Gasteiger partial charge in [0.05, 0.1) is 11.8 Å². The zero-order valence-corrected chi connectivity index (χ0v) is 13.6. The number of rotatable bonds is 7. The molecule has 120 valence electrons. The molecule has 2 unspecified atom stereocenters. The summed E-state index contributed by atoms with van der Waals surface area (Å²) in [6.45, 7) is 3.04. The van der Waals surface area contributed by atoms with Crippen LogP contribution < -0.4 is 10.6 Å². The summed E-state index contributed by atoms with van der Waals surface area (Å²) in [6, 6.07) is 5.37. The van der Waals surface area contributed by atoms with E-state index in [4.69, 9.17) is 16.3 Å². The van der Waals surface area contributed by atoms with Crippen LogP contribution in [0.25, 0.3) is 0 Å². The van der Waals surface area contributed by atoms with Crippen molar-refractivity contribution in [2.75, 3.05) is 25.6 Å². The zero-order chi connectivity index (χ0) is 16.1. The molecule has 0 aliphatic heterocycles. The summed E-state index contributed by atoms with van der Waals surface area (Å²) in [6.07, 6.45) is 1.37. The van der Waals surface area contributed by atoms with Crippen molar-refractivity contribution in [3.63, 3.8) is 0 Å². The highest BCUT2D eigenvalue weighted by Crippen LogP contribution is 2.39. The molecule has 2 N–H and O–H groups in total. The number of nitrogens with one attached hydrogen (secondary N) is 2. The second-order valence-electron chi connectivity index (χ2n) is 5.49. The third-order valence-electron chi connectivity index (χ3n) is 3.81. The van der Waals surface area contributed by atoms with Gasteiger partial charge in [0.1, 0.15) is 0 Å². The fourth-order valence-electron chi connectivity index (χ4n) is 2.30. The molecular weight excluding hydrogens is 304 g/mol. The maximum absolute atomic E-state index is 12.2. The highest BCUT2D eigenvalue weighted by atomic mass is 35.5. The molecule has 2 rings (SSSR count). The number of ether oxygens (including phenoxy) is 1. The molecular formula is C16H21ClN2O3. The lowest BCUT2D eigenvalue weighted by Crippen LogP contribution is -2.28. The Hall–Kier alpha value is -1.59. The maximum Gasteiger partial charge on any atom is 0.228 e. The Morgan fingerprint density at radius 1 is 1.32 bits per heavy atom. The normalized spacial score (nSPS) is 19.6. The third-order valence-corrected chi connectivity index (χ3v) is 4.22. The first kappa shape index (κ1) is 16.8. The van der Waals surface area contributed by atoms with Crippen molar-refractivity contribution in [2.24, 2.45) is 11.8 Å². The molecule has 0 bridgehead atoms. The molecule has 0 saturated heterocycles. The molecule has 22 heavy (non-hydrogen) atoms. The SMILES string of the molecule is COCCCNC(=O)C1CC1C(=O)Nc1cccc(Cl)c1C. The van der Waals surface area contributed by atoms with Crippen LogP contribution in [0.1, 0.15) is 18.4 Å². The van der Waals surface area contributed by atoms with Gasteiger partial charge in [-0.2, -0.15) is 0 Å². The predicted molar refractivity (Wildman–Crippen MR) is 85.9 cm³/mol. The van der Waals surface area contributed by atoms with E-state index in [9.17, 15) is 9.59 Å². The van der Waals surface area contributed by atoms with Crippen LogP contribution in [0.2, 0.25) is 5.02 Å². The molecule has 1 aromatic carbocycles. The molecule has 1 aliphatic carbocycles. The van der Waals surface area contributed by atoms with Crippen molar-refractivity contribution >= 4 is 29.1 Å². The average Bonchev–Trinajstić information content (AvgIpc) is 3.29. The van der Waals surface area contributed by atoms with E-state index < -0.39 is 0 Å². The molecule has 5 nitrogen and oxygen atoms in total. The summed E-state index contributed by atoms with van der Waals surface area (Å²) in [5.41, 5.74) is 1.53.